The summed E-state index contributed by atoms with van der Waals surface area (Å²) in [6, 6.07) is 6.13. The fraction of sp³-hybridized carbons (Fsp3) is 0.400. The summed E-state index contributed by atoms with van der Waals surface area (Å²) in [5.41, 5.74) is 0.417. The van der Waals surface area contributed by atoms with Crippen molar-refractivity contribution in [3.05, 3.63) is 41.7 Å². The Bertz CT molecular complexity index is 770. The van der Waals surface area contributed by atoms with Crippen LogP contribution in [-0.4, -0.2) is 30.9 Å². The molecule has 1 N–H and O–H groups in total. The van der Waals surface area contributed by atoms with Gasteiger partial charge in [-0.05, 0) is 37.5 Å². The summed E-state index contributed by atoms with van der Waals surface area (Å²) in [6.45, 7) is 1.40. The lowest BCUT2D eigenvalue weighted by molar-refractivity contribution is 0.00401. The molecule has 0 spiro atoms. The lowest BCUT2D eigenvalue weighted by Crippen LogP contribution is -2.24. The first-order valence-corrected chi connectivity index (χ1v) is 9.31. The molecule has 3 rings (SSSR count). The number of ether oxygens (including phenoxy) is 1. The van der Waals surface area contributed by atoms with Crippen molar-refractivity contribution in [3.63, 3.8) is 0 Å². The van der Waals surface area contributed by atoms with E-state index >= 15 is 0 Å². The maximum atomic E-state index is 12.3. The minimum absolute atomic E-state index is 0.119. The van der Waals surface area contributed by atoms with Gasteiger partial charge in [0.1, 0.15) is 0 Å². The Morgan fingerprint density at radius 3 is 3.00 bits per heavy atom. The zero-order valence-electron chi connectivity index (χ0n) is 12.5. The molecule has 2 heterocycles. The van der Waals surface area contributed by atoms with Crippen molar-refractivity contribution in [3.8, 4) is 0 Å². The highest BCUT2D eigenvalue weighted by atomic mass is 35.5. The van der Waals surface area contributed by atoms with Gasteiger partial charge < -0.3 is 4.74 Å². The minimum Gasteiger partial charge on any atom is -0.376 e. The third-order valence-corrected chi connectivity index (χ3v) is 5.27. The molecule has 0 saturated carbocycles. The van der Waals surface area contributed by atoms with Gasteiger partial charge in [0, 0.05) is 17.8 Å². The summed E-state index contributed by atoms with van der Waals surface area (Å²) in [5, 5.41) is 4.56. The summed E-state index contributed by atoms with van der Waals surface area (Å²) in [4.78, 5) is 0.119. The summed E-state index contributed by atoms with van der Waals surface area (Å²) in [5.74, 6) is 0. The van der Waals surface area contributed by atoms with Crippen LogP contribution in [0.4, 0.5) is 5.69 Å². The van der Waals surface area contributed by atoms with E-state index in [1.807, 2.05) is 0 Å². The Morgan fingerprint density at radius 2 is 2.26 bits per heavy atom. The van der Waals surface area contributed by atoms with E-state index in [4.69, 9.17) is 16.3 Å². The molecule has 1 saturated heterocycles. The largest absolute Gasteiger partial charge is 0.376 e. The Kier molecular flexibility index (Phi) is 4.89. The maximum absolute atomic E-state index is 12.3. The maximum Gasteiger partial charge on any atom is 0.262 e. The zero-order chi connectivity index (χ0) is 16.3. The van der Waals surface area contributed by atoms with Crippen LogP contribution in [0.3, 0.4) is 0 Å². The van der Waals surface area contributed by atoms with E-state index in [0.29, 0.717) is 17.3 Å². The van der Waals surface area contributed by atoms with Crippen molar-refractivity contribution in [2.75, 3.05) is 11.3 Å². The Balaban J connectivity index is 1.68. The second kappa shape index (κ2) is 6.90. The van der Waals surface area contributed by atoms with Crippen molar-refractivity contribution in [2.24, 2.45) is 0 Å². The Hall–Kier alpha value is -1.57. The number of benzene rings is 1. The third-order valence-electron chi connectivity index (χ3n) is 3.66. The number of nitrogens with zero attached hydrogens (tertiary/aromatic N) is 2. The number of halogens is 1. The van der Waals surface area contributed by atoms with Gasteiger partial charge in [-0.15, -0.1) is 0 Å². The molecular weight excluding hydrogens is 338 g/mol. The van der Waals surface area contributed by atoms with E-state index in [9.17, 15) is 8.42 Å². The van der Waals surface area contributed by atoms with Crippen molar-refractivity contribution >= 4 is 27.3 Å². The van der Waals surface area contributed by atoms with Gasteiger partial charge in [-0.3, -0.25) is 9.40 Å². The molecule has 1 aromatic carbocycles. The van der Waals surface area contributed by atoms with E-state index < -0.39 is 10.0 Å². The van der Waals surface area contributed by atoms with Crippen LogP contribution in [0.5, 0.6) is 0 Å². The van der Waals surface area contributed by atoms with Gasteiger partial charge >= 0.3 is 0 Å². The second-order valence-electron chi connectivity index (χ2n) is 5.50. The molecule has 6 nitrogen and oxygen atoms in total. The van der Waals surface area contributed by atoms with E-state index in [1.165, 1.54) is 18.3 Å². The SMILES string of the molecule is O=S(=O)(Nc1cnn(CC2CCCCO2)c1)c1cccc(Cl)c1. The predicted molar refractivity (Wildman–Crippen MR) is 88.1 cm³/mol. The van der Waals surface area contributed by atoms with Crippen molar-refractivity contribution in [1.29, 1.82) is 0 Å². The Morgan fingerprint density at radius 1 is 1.39 bits per heavy atom. The van der Waals surface area contributed by atoms with Gasteiger partial charge in [0.25, 0.3) is 10.0 Å². The van der Waals surface area contributed by atoms with E-state index in [2.05, 4.69) is 9.82 Å². The second-order valence-corrected chi connectivity index (χ2v) is 7.62. The molecule has 1 aliphatic heterocycles. The van der Waals surface area contributed by atoms with Crippen molar-refractivity contribution < 1.29 is 13.2 Å². The number of rotatable bonds is 5. The number of anilines is 1. The molecule has 0 bridgehead atoms. The summed E-state index contributed by atoms with van der Waals surface area (Å²) in [7, 11) is -3.67. The molecule has 1 fully saturated rings. The molecule has 8 heteroatoms. The lowest BCUT2D eigenvalue weighted by atomic mass is 10.1. The molecule has 124 valence electrons. The lowest BCUT2D eigenvalue weighted by Gasteiger charge is -2.22. The number of hydrogen-bond donors (Lipinski definition) is 1. The first-order valence-electron chi connectivity index (χ1n) is 7.45. The molecule has 23 heavy (non-hydrogen) atoms. The predicted octanol–water partition coefficient (Wildman–Crippen LogP) is 2.91. The van der Waals surface area contributed by atoms with Crippen LogP contribution in [0.2, 0.25) is 5.02 Å². The topological polar surface area (TPSA) is 73.2 Å². The Labute approximate surface area is 140 Å². The van der Waals surface area contributed by atoms with Gasteiger partial charge in [0.05, 0.1) is 29.4 Å². The average Bonchev–Trinajstić information content (AvgIpc) is 2.94. The third kappa shape index (κ3) is 4.25. The molecule has 0 aliphatic carbocycles. The highest BCUT2D eigenvalue weighted by Gasteiger charge is 2.17. The molecule has 1 aromatic heterocycles. The van der Waals surface area contributed by atoms with Crippen LogP contribution in [0.25, 0.3) is 0 Å². The first-order chi connectivity index (χ1) is 11.0. The molecule has 1 unspecified atom stereocenters. The molecular formula is C15H18ClN3O3S. The number of sulfonamides is 1. The number of aromatic nitrogens is 2. The minimum atomic E-state index is -3.67. The van der Waals surface area contributed by atoms with Crippen LogP contribution < -0.4 is 4.72 Å². The standard InChI is InChI=1S/C15H18ClN3O3S/c16-12-4-3-6-15(8-12)23(20,21)18-13-9-17-19(10-13)11-14-5-1-2-7-22-14/h3-4,6,8-10,14,18H,1-2,5,7,11H2. The molecule has 1 atom stereocenters. The van der Waals surface area contributed by atoms with Crippen LogP contribution in [0, 0.1) is 0 Å². The summed E-state index contributed by atoms with van der Waals surface area (Å²) in [6.07, 6.45) is 6.55. The van der Waals surface area contributed by atoms with Gasteiger partial charge in [-0.25, -0.2) is 8.42 Å². The quantitative estimate of drug-likeness (QED) is 0.895. The normalized spacial score (nSPS) is 18.7. The van der Waals surface area contributed by atoms with Crippen LogP contribution >= 0.6 is 11.6 Å². The van der Waals surface area contributed by atoms with Gasteiger partial charge in [0.2, 0.25) is 0 Å². The van der Waals surface area contributed by atoms with Crippen molar-refractivity contribution in [2.45, 2.75) is 36.8 Å². The van der Waals surface area contributed by atoms with Gasteiger partial charge in [-0.2, -0.15) is 5.10 Å². The summed E-state index contributed by atoms with van der Waals surface area (Å²) < 4.78 is 34.5. The van der Waals surface area contributed by atoms with Crippen LogP contribution in [0.15, 0.2) is 41.6 Å². The van der Waals surface area contributed by atoms with Crippen LogP contribution in [0.1, 0.15) is 19.3 Å². The van der Waals surface area contributed by atoms with E-state index in [-0.39, 0.29) is 11.0 Å². The monoisotopic (exact) mass is 355 g/mol. The molecule has 1 aliphatic rings. The fourth-order valence-corrected chi connectivity index (χ4v) is 3.85. The summed E-state index contributed by atoms with van der Waals surface area (Å²) >= 11 is 5.84. The molecule has 0 amide bonds. The van der Waals surface area contributed by atoms with E-state index in [0.717, 1.165) is 25.9 Å². The highest BCUT2D eigenvalue weighted by molar-refractivity contribution is 7.92. The zero-order valence-corrected chi connectivity index (χ0v) is 14.1. The van der Waals surface area contributed by atoms with Gasteiger partial charge in [-0.1, -0.05) is 17.7 Å². The van der Waals surface area contributed by atoms with Gasteiger partial charge in [0.15, 0.2) is 0 Å². The van der Waals surface area contributed by atoms with E-state index in [1.54, 1.807) is 23.0 Å². The molecule has 2 aromatic rings. The number of nitrogens with one attached hydrogen (secondary N) is 1. The van der Waals surface area contributed by atoms with Crippen LogP contribution in [-0.2, 0) is 21.3 Å². The first kappa shape index (κ1) is 16.3. The van der Waals surface area contributed by atoms with Crippen molar-refractivity contribution in [1.82, 2.24) is 9.78 Å². The fourth-order valence-electron chi connectivity index (χ4n) is 2.52. The smallest absolute Gasteiger partial charge is 0.262 e. The molecule has 0 radical (unpaired) electrons. The highest BCUT2D eigenvalue weighted by Crippen LogP contribution is 2.20. The average molecular weight is 356 g/mol. The number of hydrogen-bond acceptors (Lipinski definition) is 4.